The average Bonchev–Trinajstić information content (AvgIpc) is 2.73. The van der Waals surface area contributed by atoms with Crippen molar-refractivity contribution in [1.29, 1.82) is 0 Å². The molecule has 5 heteroatoms. The van der Waals surface area contributed by atoms with E-state index in [-0.39, 0.29) is 11.7 Å². The van der Waals surface area contributed by atoms with Crippen molar-refractivity contribution >= 4 is 17.4 Å². The predicted octanol–water partition coefficient (Wildman–Crippen LogP) is 4.19. The van der Waals surface area contributed by atoms with E-state index in [9.17, 15) is 9.59 Å². The van der Waals surface area contributed by atoms with Crippen LogP contribution in [-0.4, -0.2) is 25.9 Å². The smallest absolute Gasteiger partial charge is 0.255 e. The summed E-state index contributed by atoms with van der Waals surface area (Å²) >= 11 is 0. The van der Waals surface area contributed by atoms with Gasteiger partial charge in [-0.15, -0.1) is 0 Å². The molecule has 3 rings (SSSR count). The molecule has 1 amide bonds. The van der Waals surface area contributed by atoms with Crippen LogP contribution in [0.2, 0.25) is 0 Å². The highest BCUT2D eigenvalue weighted by Gasteiger charge is 2.15. The highest BCUT2D eigenvalue weighted by Crippen LogP contribution is 2.27. The van der Waals surface area contributed by atoms with Crippen molar-refractivity contribution < 1.29 is 19.1 Å². The number of nitrogens with one attached hydrogen (secondary N) is 1. The van der Waals surface area contributed by atoms with Crippen molar-refractivity contribution in [2.45, 2.75) is 0 Å². The Hall–Kier alpha value is -3.60. The van der Waals surface area contributed by atoms with Gasteiger partial charge in [-0.1, -0.05) is 30.3 Å². The lowest BCUT2D eigenvalue weighted by atomic mass is 10.0. The van der Waals surface area contributed by atoms with Gasteiger partial charge in [-0.3, -0.25) is 9.59 Å². The second kappa shape index (κ2) is 8.19. The summed E-state index contributed by atoms with van der Waals surface area (Å²) in [6.07, 6.45) is 0. The lowest BCUT2D eigenvalue weighted by Crippen LogP contribution is -2.13. The monoisotopic (exact) mass is 361 g/mol. The molecule has 0 unspecified atom stereocenters. The Bertz CT molecular complexity index is 950. The van der Waals surface area contributed by atoms with Crippen molar-refractivity contribution in [1.82, 2.24) is 0 Å². The number of methoxy groups -OCH3 is 2. The summed E-state index contributed by atoms with van der Waals surface area (Å²) in [4.78, 5) is 25.2. The molecule has 0 aliphatic rings. The Morgan fingerprint density at radius 2 is 1.41 bits per heavy atom. The number of hydrogen-bond acceptors (Lipinski definition) is 4. The number of anilines is 1. The van der Waals surface area contributed by atoms with Gasteiger partial charge in [0, 0.05) is 16.7 Å². The largest absolute Gasteiger partial charge is 0.497 e. The lowest BCUT2D eigenvalue weighted by molar-refractivity contribution is 0.102. The number of benzene rings is 3. The molecule has 0 fully saturated rings. The average molecular weight is 361 g/mol. The molecule has 0 saturated carbocycles. The fourth-order valence-corrected chi connectivity index (χ4v) is 2.64. The van der Waals surface area contributed by atoms with Crippen LogP contribution in [0.15, 0.2) is 72.8 Å². The number of ketones is 1. The standard InChI is InChI=1S/C22H19NO4/c1-26-18-11-8-16(9-12-18)22(25)23-19-14-17(10-13-20(19)27-2)21(24)15-6-4-3-5-7-15/h3-14H,1-2H3,(H,23,25). The molecule has 5 nitrogen and oxygen atoms in total. The molecule has 3 aromatic rings. The molecular formula is C22H19NO4. The minimum absolute atomic E-state index is 0.127. The van der Waals surface area contributed by atoms with E-state index in [1.54, 1.807) is 61.7 Å². The molecular weight excluding hydrogens is 342 g/mol. The van der Waals surface area contributed by atoms with Crippen molar-refractivity contribution in [3.05, 3.63) is 89.5 Å². The number of carbonyl (C=O) groups excluding carboxylic acids is 2. The lowest BCUT2D eigenvalue weighted by Gasteiger charge is -2.12. The third-order valence-electron chi connectivity index (χ3n) is 4.10. The first-order chi connectivity index (χ1) is 13.1. The van der Waals surface area contributed by atoms with E-state index < -0.39 is 0 Å². The fraction of sp³-hybridized carbons (Fsp3) is 0.0909. The van der Waals surface area contributed by atoms with Crippen LogP contribution in [0.1, 0.15) is 26.3 Å². The van der Waals surface area contributed by atoms with Crippen LogP contribution in [0.3, 0.4) is 0 Å². The van der Waals surface area contributed by atoms with E-state index in [2.05, 4.69) is 5.32 Å². The van der Waals surface area contributed by atoms with Crippen LogP contribution in [-0.2, 0) is 0 Å². The van der Waals surface area contributed by atoms with E-state index in [4.69, 9.17) is 9.47 Å². The summed E-state index contributed by atoms with van der Waals surface area (Å²) in [5, 5.41) is 2.80. The van der Waals surface area contributed by atoms with Gasteiger partial charge in [0.25, 0.3) is 5.91 Å². The number of amides is 1. The Morgan fingerprint density at radius 3 is 2.04 bits per heavy atom. The van der Waals surface area contributed by atoms with Gasteiger partial charge in [0.05, 0.1) is 19.9 Å². The molecule has 3 aromatic carbocycles. The maximum Gasteiger partial charge on any atom is 0.255 e. The molecule has 0 radical (unpaired) electrons. The van der Waals surface area contributed by atoms with Gasteiger partial charge in [-0.25, -0.2) is 0 Å². The third-order valence-corrected chi connectivity index (χ3v) is 4.10. The maximum absolute atomic E-state index is 12.7. The number of hydrogen-bond donors (Lipinski definition) is 1. The molecule has 0 heterocycles. The second-order valence-corrected chi connectivity index (χ2v) is 5.79. The number of carbonyl (C=O) groups is 2. The minimum atomic E-state index is -0.305. The van der Waals surface area contributed by atoms with Gasteiger partial charge in [0.1, 0.15) is 11.5 Å². The maximum atomic E-state index is 12.7. The summed E-state index contributed by atoms with van der Waals surface area (Å²) in [5.41, 5.74) is 1.94. The Kier molecular flexibility index (Phi) is 5.52. The molecule has 0 bridgehead atoms. The molecule has 1 N–H and O–H groups in total. The zero-order chi connectivity index (χ0) is 19.2. The zero-order valence-corrected chi connectivity index (χ0v) is 15.1. The van der Waals surface area contributed by atoms with E-state index in [0.29, 0.717) is 33.9 Å². The van der Waals surface area contributed by atoms with E-state index in [1.165, 1.54) is 7.11 Å². The van der Waals surface area contributed by atoms with Crippen LogP contribution in [0.4, 0.5) is 5.69 Å². The van der Waals surface area contributed by atoms with Gasteiger partial charge in [0.2, 0.25) is 0 Å². The molecule has 0 aromatic heterocycles. The fourth-order valence-electron chi connectivity index (χ4n) is 2.64. The summed E-state index contributed by atoms with van der Waals surface area (Å²) in [6.45, 7) is 0. The van der Waals surface area contributed by atoms with Crippen molar-refractivity contribution in [3.8, 4) is 11.5 Å². The highest BCUT2D eigenvalue weighted by atomic mass is 16.5. The number of rotatable bonds is 6. The van der Waals surface area contributed by atoms with Crippen LogP contribution >= 0.6 is 0 Å². The van der Waals surface area contributed by atoms with E-state index in [1.807, 2.05) is 18.2 Å². The second-order valence-electron chi connectivity index (χ2n) is 5.79. The third kappa shape index (κ3) is 4.15. The summed E-state index contributed by atoms with van der Waals surface area (Å²) < 4.78 is 10.4. The van der Waals surface area contributed by atoms with Crippen LogP contribution in [0, 0.1) is 0 Å². The topological polar surface area (TPSA) is 64.6 Å². The Labute approximate surface area is 157 Å². The van der Waals surface area contributed by atoms with Crippen molar-refractivity contribution in [2.24, 2.45) is 0 Å². The molecule has 0 saturated heterocycles. The first kappa shape index (κ1) is 18.2. The Balaban J connectivity index is 1.87. The van der Waals surface area contributed by atoms with Crippen LogP contribution in [0.5, 0.6) is 11.5 Å². The van der Waals surface area contributed by atoms with Crippen LogP contribution < -0.4 is 14.8 Å². The van der Waals surface area contributed by atoms with Crippen molar-refractivity contribution in [3.63, 3.8) is 0 Å². The van der Waals surface area contributed by atoms with Crippen molar-refractivity contribution in [2.75, 3.05) is 19.5 Å². The van der Waals surface area contributed by atoms with E-state index in [0.717, 1.165) is 0 Å². The van der Waals surface area contributed by atoms with Gasteiger partial charge < -0.3 is 14.8 Å². The summed E-state index contributed by atoms with van der Waals surface area (Å²) in [6, 6.07) is 20.7. The van der Waals surface area contributed by atoms with Gasteiger partial charge in [0.15, 0.2) is 5.78 Å². The quantitative estimate of drug-likeness (QED) is 0.669. The van der Waals surface area contributed by atoms with Gasteiger partial charge >= 0.3 is 0 Å². The minimum Gasteiger partial charge on any atom is -0.497 e. The molecule has 0 spiro atoms. The first-order valence-electron chi connectivity index (χ1n) is 8.35. The van der Waals surface area contributed by atoms with E-state index >= 15 is 0 Å². The predicted molar refractivity (Wildman–Crippen MR) is 104 cm³/mol. The Morgan fingerprint density at radius 1 is 0.741 bits per heavy atom. The molecule has 27 heavy (non-hydrogen) atoms. The summed E-state index contributed by atoms with van der Waals surface area (Å²) in [7, 11) is 3.08. The highest BCUT2D eigenvalue weighted by molar-refractivity contribution is 6.11. The molecule has 0 aliphatic carbocycles. The summed E-state index contributed by atoms with van der Waals surface area (Å²) in [5.74, 6) is 0.708. The zero-order valence-electron chi connectivity index (χ0n) is 15.1. The SMILES string of the molecule is COc1ccc(C(=O)Nc2cc(C(=O)c3ccccc3)ccc2OC)cc1. The van der Waals surface area contributed by atoms with Gasteiger partial charge in [-0.05, 0) is 42.5 Å². The molecule has 0 atom stereocenters. The first-order valence-corrected chi connectivity index (χ1v) is 8.35. The molecule has 136 valence electrons. The normalized spacial score (nSPS) is 10.1. The van der Waals surface area contributed by atoms with Crippen LogP contribution in [0.25, 0.3) is 0 Å². The molecule has 0 aliphatic heterocycles. The number of ether oxygens (including phenoxy) is 2. The van der Waals surface area contributed by atoms with Gasteiger partial charge in [-0.2, -0.15) is 0 Å².